The van der Waals surface area contributed by atoms with Gasteiger partial charge in [-0.2, -0.15) is 0 Å². The fourth-order valence-electron chi connectivity index (χ4n) is 5.13. The van der Waals surface area contributed by atoms with Crippen molar-refractivity contribution in [2.45, 2.75) is 84.0 Å². The molecule has 2 fully saturated rings. The molecule has 2 saturated carbocycles. The van der Waals surface area contributed by atoms with Gasteiger partial charge in [0.2, 0.25) is 0 Å². The van der Waals surface area contributed by atoms with Gasteiger partial charge in [-0.15, -0.1) is 6.58 Å². The summed E-state index contributed by atoms with van der Waals surface area (Å²) in [5.41, 5.74) is 0. The lowest BCUT2D eigenvalue weighted by molar-refractivity contribution is -0.144. The second-order valence-electron chi connectivity index (χ2n) is 8.07. The second kappa shape index (κ2) is 9.49. The zero-order chi connectivity index (χ0) is 16.7. The predicted octanol–water partition coefficient (Wildman–Crippen LogP) is 6.07. The van der Waals surface area contributed by atoms with Gasteiger partial charge in [0.25, 0.3) is 0 Å². The fourth-order valence-corrected chi connectivity index (χ4v) is 5.13. The lowest BCUT2D eigenvalue weighted by Crippen LogP contribution is -2.30. The van der Waals surface area contributed by atoms with E-state index in [1.807, 2.05) is 0 Å². The average Bonchev–Trinajstić information content (AvgIpc) is 2.58. The molecule has 0 aliphatic heterocycles. The number of hydrogen-bond acceptors (Lipinski definition) is 1. The molecule has 0 aromatic heterocycles. The number of rotatable bonds is 8. The summed E-state index contributed by atoms with van der Waals surface area (Å²) in [4.78, 5) is 11.4. The van der Waals surface area contributed by atoms with E-state index in [0.29, 0.717) is 12.3 Å². The molecule has 1 unspecified atom stereocenters. The molecule has 23 heavy (non-hydrogen) atoms. The van der Waals surface area contributed by atoms with Crippen LogP contribution < -0.4 is 0 Å². The van der Waals surface area contributed by atoms with Crippen LogP contribution in [0.25, 0.3) is 0 Å². The number of carboxylic acids is 1. The van der Waals surface area contributed by atoms with Gasteiger partial charge in [-0.05, 0) is 68.6 Å². The van der Waals surface area contributed by atoms with Gasteiger partial charge in [-0.25, -0.2) is 0 Å². The Morgan fingerprint density at radius 3 is 2.13 bits per heavy atom. The van der Waals surface area contributed by atoms with Crippen molar-refractivity contribution in [1.82, 2.24) is 0 Å². The first-order chi connectivity index (χ1) is 11.2. The van der Waals surface area contributed by atoms with Crippen LogP contribution in [0.15, 0.2) is 12.7 Å². The van der Waals surface area contributed by atoms with Crippen molar-refractivity contribution in [3.8, 4) is 0 Å². The minimum absolute atomic E-state index is 0.196. The van der Waals surface area contributed by atoms with Crippen molar-refractivity contribution in [3.05, 3.63) is 12.7 Å². The van der Waals surface area contributed by atoms with Crippen LogP contribution in [0.4, 0.5) is 0 Å². The Morgan fingerprint density at radius 2 is 1.65 bits per heavy atom. The monoisotopic (exact) mass is 320 g/mol. The molecule has 2 heteroatoms. The van der Waals surface area contributed by atoms with Crippen LogP contribution in [0, 0.1) is 29.6 Å². The summed E-state index contributed by atoms with van der Waals surface area (Å²) < 4.78 is 0. The van der Waals surface area contributed by atoms with E-state index in [1.165, 1.54) is 57.8 Å². The maximum absolute atomic E-state index is 11.4. The Bertz CT molecular complexity index is 360. The molecule has 0 aromatic rings. The summed E-state index contributed by atoms with van der Waals surface area (Å²) in [6.45, 7) is 6.02. The van der Waals surface area contributed by atoms with Gasteiger partial charge in [0, 0.05) is 0 Å². The van der Waals surface area contributed by atoms with E-state index in [4.69, 9.17) is 0 Å². The van der Waals surface area contributed by atoms with Gasteiger partial charge in [0.1, 0.15) is 0 Å². The van der Waals surface area contributed by atoms with Gasteiger partial charge in [0.05, 0.1) is 5.92 Å². The van der Waals surface area contributed by atoms with Crippen LogP contribution in [-0.2, 0) is 4.79 Å². The summed E-state index contributed by atoms with van der Waals surface area (Å²) in [7, 11) is 0. The molecule has 2 nitrogen and oxygen atoms in total. The molecule has 0 aromatic carbocycles. The van der Waals surface area contributed by atoms with Crippen molar-refractivity contribution >= 4 is 5.97 Å². The van der Waals surface area contributed by atoms with Gasteiger partial charge >= 0.3 is 5.97 Å². The van der Waals surface area contributed by atoms with Crippen molar-refractivity contribution in [1.29, 1.82) is 0 Å². The first-order valence-corrected chi connectivity index (χ1v) is 9.99. The van der Waals surface area contributed by atoms with Gasteiger partial charge in [-0.1, -0.05) is 45.1 Å². The summed E-state index contributed by atoms with van der Waals surface area (Å²) in [5, 5.41) is 9.42. The molecule has 0 heterocycles. The zero-order valence-corrected chi connectivity index (χ0v) is 15.0. The molecule has 1 atom stereocenters. The molecule has 2 aliphatic rings. The molecule has 0 spiro atoms. The summed E-state index contributed by atoms with van der Waals surface area (Å²) in [6, 6.07) is 0. The number of hydrogen-bond donors (Lipinski definition) is 1. The van der Waals surface area contributed by atoms with E-state index < -0.39 is 5.97 Å². The van der Waals surface area contributed by atoms with E-state index >= 15 is 0 Å². The highest BCUT2D eigenvalue weighted by Gasteiger charge is 2.34. The first-order valence-electron chi connectivity index (χ1n) is 9.99. The van der Waals surface area contributed by atoms with E-state index in [-0.39, 0.29) is 5.92 Å². The van der Waals surface area contributed by atoms with Crippen molar-refractivity contribution in [3.63, 3.8) is 0 Å². The first kappa shape index (κ1) is 18.5. The average molecular weight is 321 g/mol. The molecule has 2 aliphatic carbocycles. The second-order valence-corrected chi connectivity index (χ2v) is 8.07. The Kier molecular flexibility index (Phi) is 7.65. The van der Waals surface area contributed by atoms with Crippen molar-refractivity contribution in [2.24, 2.45) is 29.6 Å². The normalized spacial score (nSPS) is 33.1. The maximum Gasteiger partial charge on any atom is 0.307 e. The predicted molar refractivity (Wildman–Crippen MR) is 96.4 cm³/mol. The topological polar surface area (TPSA) is 37.3 Å². The Balaban J connectivity index is 1.74. The number of unbranched alkanes of at least 4 members (excludes halogenated alkanes) is 1. The third kappa shape index (κ3) is 5.36. The van der Waals surface area contributed by atoms with Crippen molar-refractivity contribution < 1.29 is 9.90 Å². The van der Waals surface area contributed by atoms with Crippen LogP contribution in [0.1, 0.15) is 84.0 Å². The summed E-state index contributed by atoms with van der Waals surface area (Å²) >= 11 is 0. The van der Waals surface area contributed by atoms with E-state index in [1.54, 1.807) is 6.08 Å². The number of carbonyl (C=O) groups is 1. The fraction of sp³-hybridized carbons (Fsp3) is 0.857. The third-order valence-corrected chi connectivity index (χ3v) is 6.65. The number of carboxylic acid groups (broad SMARTS) is 1. The Hall–Kier alpha value is -0.790. The summed E-state index contributed by atoms with van der Waals surface area (Å²) in [5.74, 6) is 2.35. The molecule has 0 saturated heterocycles. The lowest BCUT2D eigenvalue weighted by Gasteiger charge is -2.39. The minimum Gasteiger partial charge on any atom is -0.481 e. The maximum atomic E-state index is 11.4. The van der Waals surface area contributed by atoms with Gasteiger partial charge < -0.3 is 5.11 Å². The minimum atomic E-state index is -0.621. The highest BCUT2D eigenvalue weighted by Crippen LogP contribution is 2.44. The Labute approximate surface area is 142 Å². The lowest BCUT2D eigenvalue weighted by atomic mass is 9.66. The van der Waals surface area contributed by atoms with E-state index in [0.717, 1.165) is 30.6 Å². The van der Waals surface area contributed by atoms with E-state index in [9.17, 15) is 9.90 Å². The highest BCUT2D eigenvalue weighted by atomic mass is 16.4. The smallest absolute Gasteiger partial charge is 0.307 e. The number of aliphatic carboxylic acids is 1. The van der Waals surface area contributed by atoms with Crippen LogP contribution >= 0.6 is 0 Å². The van der Waals surface area contributed by atoms with Gasteiger partial charge in [0.15, 0.2) is 0 Å². The highest BCUT2D eigenvalue weighted by molar-refractivity contribution is 5.70. The number of allylic oxidation sites excluding steroid dienone is 1. The Morgan fingerprint density at radius 1 is 1.09 bits per heavy atom. The molecule has 0 radical (unpaired) electrons. The van der Waals surface area contributed by atoms with Crippen LogP contribution in [0.3, 0.4) is 0 Å². The molecule has 132 valence electrons. The molecule has 2 rings (SSSR count). The molecule has 1 N–H and O–H groups in total. The van der Waals surface area contributed by atoms with Crippen LogP contribution in [0.5, 0.6) is 0 Å². The van der Waals surface area contributed by atoms with Crippen LogP contribution in [-0.4, -0.2) is 11.1 Å². The molecule has 0 amide bonds. The van der Waals surface area contributed by atoms with E-state index in [2.05, 4.69) is 13.5 Å². The standard InChI is InChI=1S/C21H36O2/c1-3-5-7-16-8-10-17(11-9-16)18-12-14-19(15-13-18)20(6-4-2)21(22)23/h4,16-20H,2-3,5-15H2,1H3,(H,22,23)/t16-,17-,18-,19-,20?. The van der Waals surface area contributed by atoms with Gasteiger partial charge in [-0.3, -0.25) is 4.79 Å². The third-order valence-electron chi connectivity index (χ3n) is 6.65. The zero-order valence-electron chi connectivity index (χ0n) is 15.0. The molecule has 0 bridgehead atoms. The quantitative estimate of drug-likeness (QED) is 0.551. The molecular formula is C21H36O2. The summed E-state index contributed by atoms with van der Waals surface area (Å²) in [6.07, 6.45) is 17.1. The largest absolute Gasteiger partial charge is 0.481 e. The van der Waals surface area contributed by atoms with Crippen LogP contribution in [0.2, 0.25) is 0 Å². The molecular weight excluding hydrogens is 284 g/mol. The SMILES string of the molecule is C=CCC(C(=O)O)[C@H]1CC[C@H]([C@H]2CC[C@H](CCCC)CC2)CC1. The van der Waals surface area contributed by atoms with Crippen molar-refractivity contribution in [2.75, 3.05) is 0 Å².